The second kappa shape index (κ2) is 7.84. The number of nitrogens with zero attached hydrogens (tertiary/aromatic N) is 3. The van der Waals surface area contributed by atoms with Crippen molar-refractivity contribution in [1.29, 1.82) is 0 Å². The number of hydrogen-bond acceptors (Lipinski definition) is 6. The lowest BCUT2D eigenvalue weighted by atomic mass is 10.1. The lowest BCUT2D eigenvalue weighted by Crippen LogP contribution is -2.41. The fourth-order valence-electron chi connectivity index (χ4n) is 3.73. The van der Waals surface area contributed by atoms with Gasteiger partial charge in [0.25, 0.3) is 5.91 Å². The van der Waals surface area contributed by atoms with Gasteiger partial charge in [-0.2, -0.15) is 5.10 Å². The molecule has 2 N–H and O–H groups in total. The number of hydrogen-bond donors (Lipinski definition) is 2. The van der Waals surface area contributed by atoms with Crippen LogP contribution in [0.4, 0.5) is 15.9 Å². The number of benzene rings is 2. The molecule has 2 aromatic carbocycles. The molecule has 4 aromatic rings. The normalized spacial score (nSPS) is 14.2. The van der Waals surface area contributed by atoms with E-state index < -0.39 is 5.82 Å². The highest BCUT2D eigenvalue weighted by molar-refractivity contribution is 6.09. The van der Waals surface area contributed by atoms with Crippen LogP contribution < -0.4 is 10.1 Å². The summed E-state index contributed by atoms with van der Waals surface area (Å²) >= 11 is 0. The molecule has 0 bridgehead atoms. The standard InChI is InChI=1S/C22H20FN5O3/c1-30-14-3-5-19-16(11-14)17-12-24-27-20(17)21(26-19)25-13-2-4-15(18(23)10-13)22(29)28-6-8-31-9-7-28/h2-5,10-12H,6-9H2,1H3,(H,24,27)(H,25,26). The molecular formula is C22H20FN5O3. The molecule has 2 aromatic heterocycles. The molecule has 31 heavy (non-hydrogen) atoms. The van der Waals surface area contributed by atoms with Gasteiger partial charge in [0.15, 0.2) is 5.82 Å². The van der Waals surface area contributed by atoms with Gasteiger partial charge in [-0.25, -0.2) is 9.37 Å². The van der Waals surface area contributed by atoms with E-state index in [0.717, 1.165) is 22.0 Å². The summed E-state index contributed by atoms with van der Waals surface area (Å²) < 4.78 is 25.3. The minimum atomic E-state index is -0.590. The molecule has 5 rings (SSSR count). The number of halogens is 1. The van der Waals surface area contributed by atoms with Gasteiger partial charge >= 0.3 is 0 Å². The van der Waals surface area contributed by atoms with E-state index in [9.17, 15) is 9.18 Å². The minimum absolute atomic E-state index is 0.0395. The zero-order chi connectivity index (χ0) is 21.4. The number of morpholine rings is 1. The number of ether oxygens (including phenoxy) is 2. The van der Waals surface area contributed by atoms with Crippen molar-refractivity contribution >= 4 is 39.2 Å². The fourth-order valence-corrected chi connectivity index (χ4v) is 3.73. The number of anilines is 2. The summed E-state index contributed by atoms with van der Waals surface area (Å²) in [5.41, 5.74) is 1.96. The van der Waals surface area contributed by atoms with E-state index in [-0.39, 0.29) is 11.5 Å². The van der Waals surface area contributed by atoms with Crippen LogP contribution in [0, 0.1) is 5.82 Å². The van der Waals surface area contributed by atoms with Crippen molar-refractivity contribution in [2.24, 2.45) is 0 Å². The lowest BCUT2D eigenvalue weighted by molar-refractivity contribution is 0.0300. The van der Waals surface area contributed by atoms with Crippen LogP contribution in [0.2, 0.25) is 0 Å². The van der Waals surface area contributed by atoms with Crippen molar-refractivity contribution in [3.63, 3.8) is 0 Å². The van der Waals surface area contributed by atoms with Gasteiger partial charge in [-0.3, -0.25) is 9.89 Å². The van der Waals surface area contributed by atoms with Gasteiger partial charge in [-0.15, -0.1) is 0 Å². The van der Waals surface area contributed by atoms with E-state index in [1.807, 2.05) is 18.2 Å². The molecule has 1 fully saturated rings. The highest BCUT2D eigenvalue weighted by atomic mass is 19.1. The first-order chi connectivity index (χ1) is 15.1. The van der Waals surface area contributed by atoms with Crippen LogP contribution in [0.1, 0.15) is 10.4 Å². The van der Waals surface area contributed by atoms with E-state index in [0.29, 0.717) is 43.3 Å². The van der Waals surface area contributed by atoms with Crippen molar-refractivity contribution in [3.8, 4) is 5.75 Å². The van der Waals surface area contributed by atoms with Crippen LogP contribution in [0.3, 0.4) is 0 Å². The Kier molecular flexibility index (Phi) is 4.87. The molecular weight excluding hydrogens is 401 g/mol. The predicted molar refractivity (Wildman–Crippen MR) is 114 cm³/mol. The summed E-state index contributed by atoms with van der Waals surface area (Å²) in [6.45, 7) is 1.85. The van der Waals surface area contributed by atoms with Crippen molar-refractivity contribution < 1.29 is 18.7 Å². The summed E-state index contributed by atoms with van der Waals surface area (Å²) in [4.78, 5) is 18.9. The third-order valence-electron chi connectivity index (χ3n) is 5.36. The number of carbonyl (C=O) groups is 1. The highest BCUT2D eigenvalue weighted by Gasteiger charge is 2.22. The van der Waals surface area contributed by atoms with Crippen LogP contribution in [0.15, 0.2) is 42.6 Å². The molecule has 8 nitrogen and oxygen atoms in total. The molecule has 1 aliphatic heterocycles. The Labute approximate surface area is 177 Å². The zero-order valence-corrected chi connectivity index (χ0v) is 16.8. The Morgan fingerprint density at radius 2 is 2.03 bits per heavy atom. The Morgan fingerprint density at radius 1 is 1.19 bits per heavy atom. The van der Waals surface area contributed by atoms with Gasteiger partial charge in [0.2, 0.25) is 0 Å². The lowest BCUT2D eigenvalue weighted by Gasteiger charge is -2.27. The van der Waals surface area contributed by atoms with Gasteiger partial charge in [0.1, 0.15) is 17.1 Å². The number of fused-ring (bicyclic) bond motifs is 3. The third kappa shape index (κ3) is 3.53. The van der Waals surface area contributed by atoms with E-state index in [1.54, 1.807) is 24.3 Å². The average Bonchev–Trinajstić information content (AvgIpc) is 3.30. The zero-order valence-electron chi connectivity index (χ0n) is 16.8. The molecule has 0 spiro atoms. The summed E-state index contributed by atoms with van der Waals surface area (Å²) in [6.07, 6.45) is 1.72. The largest absolute Gasteiger partial charge is 0.497 e. The summed E-state index contributed by atoms with van der Waals surface area (Å²) in [7, 11) is 1.61. The number of methoxy groups -OCH3 is 1. The summed E-state index contributed by atoms with van der Waals surface area (Å²) in [6, 6.07) is 10.0. The van der Waals surface area contributed by atoms with E-state index >= 15 is 0 Å². The second-order valence-electron chi connectivity index (χ2n) is 7.23. The maximum Gasteiger partial charge on any atom is 0.256 e. The number of aromatic nitrogens is 3. The van der Waals surface area contributed by atoms with Crippen LogP contribution in [-0.4, -0.2) is 59.4 Å². The topological polar surface area (TPSA) is 92.4 Å². The fraction of sp³-hybridized carbons (Fsp3) is 0.227. The van der Waals surface area contributed by atoms with Crippen molar-refractivity contribution in [1.82, 2.24) is 20.1 Å². The van der Waals surface area contributed by atoms with Crippen LogP contribution in [-0.2, 0) is 4.74 Å². The number of amides is 1. The molecule has 9 heteroatoms. The molecule has 0 saturated carbocycles. The highest BCUT2D eigenvalue weighted by Crippen LogP contribution is 2.32. The molecule has 0 unspecified atom stereocenters. The molecule has 1 saturated heterocycles. The molecule has 3 heterocycles. The molecule has 0 aliphatic carbocycles. The quantitative estimate of drug-likeness (QED) is 0.524. The molecule has 1 amide bonds. The first kappa shape index (κ1) is 19.3. The number of H-pyrrole nitrogens is 1. The van der Waals surface area contributed by atoms with Gasteiger partial charge in [0.05, 0.1) is 37.6 Å². The maximum absolute atomic E-state index is 14.8. The number of rotatable bonds is 4. The van der Waals surface area contributed by atoms with E-state index in [1.165, 1.54) is 12.1 Å². The Hall–Kier alpha value is -3.72. The van der Waals surface area contributed by atoms with Crippen molar-refractivity contribution in [2.75, 3.05) is 38.7 Å². The average molecular weight is 421 g/mol. The number of nitrogens with one attached hydrogen (secondary N) is 2. The molecule has 0 radical (unpaired) electrons. The Balaban J connectivity index is 1.47. The van der Waals surface area contributed by atoms with Gasteiger partial charge in [0, 0.05) is 29.5 Å². The monoisotopic (exact) mass is 421 g/mol. The maximum atomic E-state index is 14.8. The van der Waals surface area contributed by atoms with Gasteiger partial charge in [-0.05, 0) is 36.4 Å². The van der Waals surface area contributed by atoms with Crippen LogP contribution in [0.25, 0.3) is 21.8 Å². The SMILES string of the molecule is COc1ccc2nc(Nc3ccc(C(=O)N4CCOCC4)c(F)c3)c3[nH]ncc3c2c1. The first-order valence-electron chi connectivity index (χ1n) is 9.88. The van der Waals surface area contributed by atoms with Crippen LogP contribution in [0.5, 0.6) is 5.75 Å². The van der Waals surface area contributed by atoms with Gasteiger partial charge < -0.3 is 19.7 Å². The van der Waals surface area contributed by atoms with E-state index in [4.69, 9.17) is 9.47 Å². The second-order valence-corrected chi connectivity index (χ2v) is 7.23. The summed E-state index contributed by atoms with van der Waals surface area (Å²) in [5, 5.41) is 12.0. The first-order valence-corrected chi connectivity index (χ1v) is 9.88. The third-order valence-corrected chi connectivity index (χ3v) is 5.36. The number of aromatic amines is 1. The Morgan fingerprint density at radius 3 is 2.81 bits per heavy atom. The Bertz CT molecular complexity index is 1280. The molecule has 1 aliphatic rings. The molecule has 158 valence electrons. The smallest absolute Gasteiger partial charge is 0.256 e. The number of carbonyl (C=O) groups excluding carboxylic acids is 1. The predicted octanol–water partition coefficient (Wildman–Crippen LogP) is 3.47. The van der Waals surface area contributed by atoms with E-state index in [2.05, 4.69) is 20.5 Å². The number of pyridine rings is 1. The molecule has 0 atom stereocenters. The van der Waals surface area contributed by atoms with Crippen molar-refractivity contribution in [2.45, 2.75) is 0 Å². The minimum Gasteiger partial charge on any atom is -0.497 e. The summed E-state index contributed by atoms with van der Waals surface area (Å²) in [5.74, 6) is 0.311. The van der Waals surface area contributed by atoms with Crippen LogP contribution >= 0.6 is 0 Å². The van der Waals surface area contributed by atoms with Crippen molar-refractivity contribution in [3.05, 3.63) is 54.0 Å². The van der Waals surface area contributed by atoms with Gasteiger partial charge in [-0.1, -0.05) is 0 Å².